The van der Waals surface area contributed by atoms with E-state index in [4.69, 9.17) is 28.4 Å². The zero-order valence-electron chi connectivity index (χ0n) is 25.7. The molecule has 10 N–H and O–H groups in total. The van der Waals surface area contributed by atoms with Gasteiger partial charge in [0.25, 0.3) is 0 Å². The number of carbonyl (C=O) groups is 1. The molecule has 3 aliphatic rings. The standard InChI is InChI=1S/C28H50O18/c1-40-16(32)8-6-4-2-3-5-7-9-41-27-24(21(37)18(34)14(11-30)43-27)46-28-25(22(38)19(35)15(12-31)44-28)45-26-23(39)20(36)17(33)13(10-29)42-26/h13-15,17-31,33-39H,2-12H2,1H3. The Balaban J connectivity index is 1.68. The van der Waals surface area contributed by atoms with Crippen LogP contribution in [0, 0.1) is 0 Å². The van der Waals surface area contributed by atoms with E-state index in [-0.39, 0.29) is 12.6 Å². The predicted molar refractivity (Wildman–Crippen MR) is 149 cm³/mol. The topological polar surface area (TPSA) is 284 Å². The number of carbonyl (C=O) groups excluding carboxylic acids is 1. The molecule has 0 bridgehead atoms. The number of rotatable bonds is 17. The summed E-state index contributed by atoms with van der Waals surface area (Å²) in [6, 6.07) is 0. The Labute approximate surface area is 265 Å². The third-order valence-electron chi connectivity index (χ3n) is 8.37. The first-order valence-electron chi connectivity index (χ1n) is 15.5. The first-order valence-corrected chi connectivity index (χ1v) is 15.5. The molecule has 46 heavy (non-hydrogen) atoms. The second-order valence-electron chi connectivity index (χ2n) is 11.6. The maximum Gasteiger partial charge on any atom is 0.305 e. The SMILES string of the molecule is COC(=O)CCCCCCCCOC1OC(CO)C(O)C(O)C1OC1OC(CO)C(O)C(O)C1OC1OC(CO)C(O)C(O)C1O. The summed E-state index contributed by atoms with van der Waals surface area (Å²) in [5.41, 5.74) is 0. The van der Waals surface area contributed by atoms with Gasteiger partial charge in [-0.05, 0) is 12.8 Å². The first kappa shape index (κ1) is 39.3. The van der Waals surface area contributed by atoms with Gasteiger partial charge in [-0.1, -0.05) is 25.7 Å². The van der Waals surface area contributed by atoms with Gasteiger partial charge in [-0.3, -0.25) is 4.79 Å². The molecule has 18 heteroatoms. The molecule has 0 radical (unpaired) electrons. The van der Waals surface area contributed by atoms with E-state index in [0.717, 1.165) is 25.7 Å². The molecule has 0 amide bonds. The summed E-state index contributed by atoms with van der Waals surface area (Å²) in [6.07, 6.45) is -19.7. The number of hydrogen-bond donors (Lipinski definition) is 10. The summed E-state index contributed by atoms with van der Waals surface area (Å²) in [5.74, 6) is -0.255. The van der Waals surface area contributed by atoms with Crippen LogP contribution in [0.5, 0.6) is 0 Å². The Morgan fingerprint density at radius 3 is 1.52 bits per heavy atom. The van der Waals surface area contributed by atoms with Crippen molar-refractivity contribution in [1.82, 2.24) is 0 Å². The average molecular weight is 675 g/mol. The van der Waals surface area contributed by atoms with E-state index in [1.807, 2.05) is 0 Å². The molecule has 3 aliphatic heterocycles. The highest BCUT2D eigenvalue weighted by atomic mass is 16.8. The van der Waals surface area contributed by atoms with Gasteiger partial charge in [0.2, 0.25) is 0 Å². The molecule has 3 fully saturated rings. The van der Waals surface area contributed by atoms with E-state index in [2.05, 4.69) is 4.74 Å². The lowest BCUT2D eigenvalue weighted by Gasteiger charge is -2.48. The van der Waals surface area contributed by atoms with Crippen LogP contribution in [0.3, 0.4) is 0 Å². The van der Waals surface area contributed by atoms with Crippen molar-refractivity contribution in [3.05, 3.63) is 0 Å². The number of aliphatic hydroxyl groups is 10. The zero-order chi connectivity index (χ0) is 34.0. The lowest BCUT2D eigenvalue weighted by molar-refractivity contribution is -0.393. The summed E-state index contributed by atoms with van der Waals surface area (Å²) < 4.78 is 38.6. The highest BCUT2D eigenvalue weighted by Crippen LogP contribution is 2.33. The molecule has 15 unspecified atom stereocenters. The van der Waals surface area contributed by atoms with Gasteiger partial charge in [-0.25, -0.2) is 0 Å². The van der Waals surface area contributed by atoms with Crippen LogP contribution >= 0.6 is 0 Å². The maximum atomic E-state index is 11.2. The van der Waals surface area contributed by atoms with Crippen LogP contribution in [-0.2, 0) is 38.0 Å². The van der Waals surface area contributed by atoms with E-state index in [1.54, 1.807) is 0 Å². The van der Waals surface area contributed by atoms with E-state index in [9.17, 15) is 55.9 Å². The predicted octanol–water partition coefficient (Wildman–Crippen LogP) is -4.64. The van der Waals surface area contributed by atoms with Crippen LogP contribution in [0.15, 0.2) is 0 Å². The van der Waals surface area contributed by atoms with E-state index < -0.39 is 112 Å². The number of unbranched alkanes of at least 4 members (excludes halogenated alkanes) is 5. The second-order valence-corrected chi connectivity index (χ2v) is 11.6. The summed E-state index contributed by atoms with van der Waals surface area (Å²) in [5, 5.41) is 103. The minimum atomic E-state index is -1.89. The summed E-state index contributed by atoms with van der Waals surface area (Å²) >= 11 is 0. The zero-order valence-corrected chi connectivity index (χ0v) is 25.7. The quantitative estimate of drug-likeness (QED) is 0.0513. The molecule has 0 aromatic rings. The average Bonchev–Trinajstić information content (AvgIpc) is 3.05. The first-order chi connectivity index (χ1) is 22.0. The molecule has 0 aromatic heterocycles. The van der Waals surface area contributed by atoms with Crippen LogP contribution in [-0.4, -0.2) is 183 Å². The van der Waals surface area contributed by atoms with Crippen molar-refractivity contribution < 1.29 is 89.0 Å². The normalized spacial score (nSPS) is 41.8. The van der Waals surface area contributed by atoms with E-state index in [1.165, 1.54) is 7.11 Å². The van der Waals surface area contributed by atoms with Crippen LogP contribution in [0.1, 0.15) is 44.9 Å². The van der Waals surface area contributed by atoms with Crippen LogP contribution in [0.25, 0.3) is 0 Å². The van der Waals surface area contributed by atoms with Gasteiger partial charge in [-0.2, -0.15) is 0 Å². The van der Waals surface area contributed by atoms with Crippen molar-refractivity contribution in [2.24, 2.45) is 0 Å². The Kier molecular flexibility index (Phi) is 16.3. The molecule has 0 spiro atoms. The molecule has 3 heterocycles. The number of hydrogen-bond acceptors (Lipinski definition) is 18. The highest BCUT2D eigenvalue weighted by molar-refractivity contribution is 5.68. The van der Waals surface area contributed by atoms with Gasteiger partial charge in [0, 0.05) is 13.0 Å². The van der Waals surface area contributed by atoms with Crippen LogP contribution < -0.4 is 0 Å². The highest BCUT2D eigenvalue weighted by Gasteiger charge is 2.54. The van der Waals surface area contributed by atoms with Crippen molar-refractivity contribution in [3.63, 3.8) is 0 Å². The molecule has 18 nitrogen and oxygen atoms in total. The smallest absolute Gasteiger partial charge is 0.305 e. The summed E-state index contributed by atoms with van der Waals surface area (Å²) in [6.45, 7) is -2.11. The van der Waals surface area contributed by atoms with Crippen molar-refractivity contribution in [2.75, 3.05) is 33.5 Å². The Morgan fingerprint density at radius 1 is 0.543 bits per heavy atom. The van der Waals surface area contributed by atoms with Crippen LogP contribution in [0.2, 0.25) is 0 Å². The molecule has 0 aliphatic carbocycles. The number of aliphatic hydroxyl groups excluding tert-OH is 10. The monoisotopic (exact) mass is 674 g/mol. The molecular formula is C28H50O18. The van der Waals surface area contributed by atoms with Crippen molar-refractivity contribution in [2.45, 2.75) is 137 Å². The van der Waals surface area contributed by atoms with Gasteiger partial charge in [0.05, 0.1) is 26.9 Å². The van der Waals surface area contributed by atoms with Crippen molar-refractivity contribution in [1.29, 1.82) is 0 Å². The van der Waals surface area contributed by atoms with Gasteiger partial charge in [-0.15, -0.1) is 0 Å². The summed E-state index contributed by atoms with van der Waals surface area (Å²) in [7, 11) is 1.34. The maximum absolute atomic E-state index is 11.2. The Hall–Kier alpha value is -1.17. The molecule has 270 valence electrons. The molecule has 15 atom stereocenters. The molecule has 3 rings (SSSR count). The second kappa shape index (κ2) is 19.1. The Morgan fingerprint density at radius 2 is 0.978 bits per heavy atom. The number of methoxy groups -OCH3 is 1. The lowest BCUT2D eigenvalue weighted by atomic mass is 9.96. The molecular weight excluding hydrogens is 624 g/mol. The minimum Gasteiger partial charge on any atom is -0.469 e. The fraction of sp³-hybridized carbons (Fsp3) is 0.964. The van der Waals surface area contributed by atoms with E-state index in [0.29, 0.717) is 19.3 Å². The third-order valence-corrected chi connectivity index (χ3v) is 8.37. The molecule has 0 saturated carbocycles. The molecule has 3 saturated heterocycles. The van der Waals surface area contributed by atoms with Gasteiger partial charge in [0.1, 0.15) is 73.2 Å². The third kappa shape index (κ3) is 9.94. The van der Waals surface area contributed by atoms with Crippen molar-refractivity contribution >= 4 is 5.97 Å². The largest absolute Gasteiger partial charge is 0.469 e. The fourth-order valence-electron chi connectivity index (χ4n) is 5.52. The lowest BCUT2D eigenvalue weighted by Crippen LogP contribution is -2.67. The van der Waals surface area contributed by atoms with Crippen molar-refractivity contribution in [3.8, 4) is 0 Å². The molecule has 0 aromatic carbocycles. The number of ether oxygens (including phenoxy) is 7. The van der Waals surface area contributed by atoms with Gasteiger partial charge >= 0.3 is 5.97 Å². The van der Waals surface area contributed by atoms with E-state index >= 15 is 0 Å². The number of esters is 1. The van der Waals surface area contributed by atoms with Gasteiger partial charge in [0.15, 0.2) is 18.9 Å². The summed E-state index contributed by atoms with van der Waals surface area (Å²) in [4.78, 5) is 11.2. The van der Waals surface area contributed by atoms with Crippen LogP contribution in [0.4, 0.5) is 0 Å². The van der Waals surface area contributed by atoms with Gasteiger partial charge < -0.3 is 84.2 Å². The Bertz CT molecular complexity index is 881. The fourth-order valence-corrected chi connectivity index (χ4v) is 5.52. The minimum absolute atomic E-state index is 0.116.